The van der Waals surface area contributed by atoms with Crippen LogP contribution in [0.1, 0.15) is 30.9 Å². The summed E-state index contributed by atoms with van der Waals surface area (Å²) in [5, 5.41) is 4.82. The van der Waals surface area contributed by atoms with Gasteiger partial charge in [-0.2, -0.15) is 13.2 Å². The first-order chi connectivity index (χ1) is 14.2. The van der Waals surface area contributed by atoms with Crippen molar-refractivity contribution in [3.63, 3.8) is 0 Å². The predicted octanol–water partition coefficient (Wildman–Crippen LogP) is 3.89. The van der Waals surface area contributed by atoms with E-state index in [1.165, 1.54) is 12.1 Å². The number of halogens is 3. The maximum Gasteiger partial charge on any atom is 0.418 e. The van der Waals surface area contributed by atoms with Crippen LogP contribution in [0.15, 0.2) is 54.6 Å². The molecule has 0 spiro atoms. The number of rotatable bonds is 6. The number of benzene rings is 2. The Morgan fingerprint density at radius 2 is 1.70 bits per heavy atom. The molecule has 6 nitrogen and oxygen atoms in total. The number of hydrogen-bond donors (Lipinski definition) is 2. The third-order valence-electron chi connectivity index (χ3n) is 4.88. The standard InChI is InChI=1S/C21H20F3N3O3/c1-2-12-20(14-8-4-3-5-9-14)18(29)27(19(30)26-20)13-17(28)25-16-11-7-6-10-15(16)21(22,23)24/h3-11H,2,12-13H2,1H3,(H,25,28)(H,26,30)/t20-/m0/s1. The molecule has 1 saturated heterocycles. The molecule has 1 aliphatic heterocycles. The molecule has 2 aromatic carbocycles. The molecule has 2 N–H and O–H groups in total. The van der Waals surface area contributed by atoms with Gasteiger partial charge in [0.15, 0.2) is 0 Å². The normalized spacial score (nSPS) is 19.0. The van der Waals surface area contributed by atoms with Gasteiger partial charge in [-0.25, -0.2) is 4.79 Å². The molecule has 2 aromatic rings. The van der Waals surface area contributed by atoms with Crippen LogP contribution in [0.5, 0.6) is 0 Å². The van der Waals surface area contributed by atoms with E-state index in [2.05, 4.69) is 10.6 Å². The lowest BCUT2D eigenvalue weighted by Gasteiger charge is -2.26. The zero-order chi connectivity index (χ0) is 21.9. The quantitative estimate of drug-likeness (QED) is 0.698. The van der Waals surface area contributed by atoms with E-state index in [1.54, 1.807) is 30.3 Å². The van der Waals surface area contributed by atoms with Crippen molar-refractivity contribution in [2.75, 3.05) is 11.9 Å². The molecule has 3 rings (SSSR count). The Labute approximate surface area is 171 Å². The maximum absolute atomic E-state index is 13.1. The molecule has 158 valence electrons. The summed E-state index contributed by atoms with van der Waals surface area (Å²) >= 11 is 0. The Hall–Kier alpha value is -3.36. The topological polar surface area (TPSA) is 78.5 Å². The highest BCUT2D eigenvalue weighted by Gasteiger charge is 2.52. The minimum atomic E-state index is -4.66. The number of hydrogen-bond acceptors (Lipinski definition) is 3. The summed E-state index contributed by atoms with van der Waals surface area (Å²) in [5.41, 5.74) is -2.18. The van der Waals surface area contributed by atoms with Gasteiger partial charge in [0, 0.05) is 0 Å². The van der Waals surface area contributed by atoms with Crippen molar-refractivity contribution in [3.8, 4) is 0 Å². The highest BCUT2D eigenvalue weighted by atomic mass is 19.4. The van der Waals surface area contributed by atoms with Crippen molar-refractivity contribution in [2.45, 2.75) is 31.5 Å². The zero-order valence-electron chi connectivity index (χ0n) is 16.1. The van der Waals surface area contributed by atoms with Crippen LogP contribution in [0.3, 0.4) is 0 Å². The first kappa shape index (κ1) is 21.4. The smallest absolute Gasteiger partial charge is 0.324 e. The molecular weight excluding hydrogens is 399 g/mol. The number of amides is 4. The second-order valence-corrected chi connectivity index (χ2v) is 6.93. The predicted molar refractivity (Wildman–Crippen MR) is 103 cm³/mol. The molecule has 1 aliphatic rings. The van der Waals surface area contributed by atoms with E-state index in [0.717, 1.165) is 17.0 Å². The van der Waals surface area contributed by atoms with Crippen molar-refractivity contribution in [3.05, 3.63) is 65.7 Å². The van der Waals surface area contributed by atoms with Gasteiger partial charge in [-0.05, 0) is 24.1 Å². The molecule has 1 atom stereocenters. The summed E-state index contributed by atoms with van der Waals surface area (Å²) in [6, 6.07) is 12.4. The summed E-state index contributed by atoms with van der Waals surface area (Å²) in [4.78, 5) is 38.7. The van der Waals surface area contributed by atoms with Gasteiger partial charge >= 0.3 is 12.2 Å². The lowest BCUT2D eigenvalue weighted by molar-refractivity contribution is -0.137. The van der Waals surface area contributed by atoms with Gasteiger partial charge in [-0.3, -0.25) is 14.5 Å². The second-order valence-electron chi connectivity index (χ2n) is 6.93. The van der Waals surface area contributed by atoms with Crippen molar-refractivity contribution in [1.82, 2.24) is 10.2 Å². The summed E-state index contributed by atoms with van der Waals surface area (Å²) in [5.74, 6) is -1.52. The van der Waals surface area contributed by atoms with Crippen LogP contribution in [0.2, 0.25) is 0 Å². The van der Waals surface area contributed by atoms with Crippen molar-refractivity contribution in [2.24, 2.45) is 0 Å². The van der Waals surface area contributed by atoms with Gasteiger partial charge in [-0.15, -0.1) is 0 Å². The summed E-state index contributed by atoms with van der Waals surface area (Å²) in [6.07, 6.45) is -3.76. The minimum absolute atomic E-state index is 0.316. The van der Waals surface area contributed by atoms with Crippen molar-refractivity contribution >= 4 is 23.5 Å². The molecule has 0 unspecified atom stereocenters. The third kappa shape index (κ3) is 4.00. The first-order valence-electron chi connectivity index (χ1n) is 9.35. The molecule has 0 bridgehead atoms. The molecule has 0 aromatic heterocycles. The summed E-state index contributed by atoms with van der Waals surface area (Å²) in [7, 11) is 0. The Balaban J connectivity index is 1.82. The highest BCUT2D eigenvalue weighted by molar-refractivity contribution is 6.10. The van der Waals surface area contributed by atoms with Crippen molar-refractivity contribution in [1.29, 1.82) is 0 Å². The second kappa shape index (κ2) is 8.17. The van der Waals surface area contributed by atoms with Gasteiger partial charge in [-0.1, -0.05) is 55.8 Å². The maximum atomic E-state index is 13.1. The van der Waals surface area contributed by atoms with E-state index >= 15 is 0 Å². The Morgan fingerprint density at radius 3 is 2.33 bits per heavy atom. The van der Waals surface area contributed by atoms with Crippen LogP contribution >= 0.6 is 0 Å². The van der Waals surface area contributed by atoms with Crippen LogP contribution in [-0.4, -0.2) is 29.3 Å². The number of urea groups is 1. The Bertz CT molecular complexity index is 963. The zero-order valence-corrected chi connectivity index (χ0v) is 16.1. The van der Waals surface area contributed by atoms with Crippen LogP contribution < -0.4 is 10.6 Å². The van der Waals surface area contributed by atoms with E-state index in [-0.39, 0.29) is 0 Å². The van der Waals surface area contributed by atoms with E-state index < -0.39 is 47.4 Å². The summed E-state index contributed by atoms with van der Waals surface area (Å²) < 4.78 is 39.4. The number of anilines is 1. The minimum Gasteiger partial charge on any atom is -0.324 e. The largest absolute Gasteiger partial charge is 0.418 e. The molecular formula is C21H20F3N3O3. The molecule has 0 aliphatic carbocycles. The average Bonchev–Trinajstić information content (AvgIpc) is 2.93. The lowest BCUT2D eigenvalue weighted by Crippen LogP contribution is -2.44. The third-order valence-corrected chi connectivity index (χ3v) is 4.88. The number of carbonyl (C=O) groups is 3. The highest BCUT2D eigenvalue weighted by Crippen LogP contribution is 2.35. The van der Waals surface area contributed by atoms with E-state index in [1.807, 2.05) is 6.92 Å². The molecule has 0 radical (unpaired) electrons. The number of nitrogens with one attached hydrogen (secondary N) is 2. The van der Waals surface area contributed by atoms with Crippen LogP contribution in [0.4, 0.5) is 23.7 Å². The molecule has 0 saturated carbocycles. The lowest BCUT2D eigenvalue weighted by atomic mass is 9.85. The molecule has 4 amide bonds. The average molecular weight is 419 g/mol. The van der Waals surface area contributed by atoms with E-state index in [9.17, 15) is 27.6 Å². The van der Waals surface area contributed by atoms with Gasteiger partial charge in [0.05, 0.1) is 11.3 Å². The fourth-order valence-electron chi connectivity index (χ4n) is 3.55. The number of para-hydroxylation sites is 1. The Morgan fingerprint density at radius 1 is 1.07 bits per heavy atom. The first-order valence-corrected chi connectivity index (χ1v) is 9.35. The fraction of sp³-hybridized carbons (Fsp3) is 0.286. The van der Waals surface area contributed by atoms with Crippen LogP contribution in [0, 0.1) is 0 Å². The van der Waals surface area contributed by atoms with Crippen molar-refractivity contribution < 1.29 is 27.6 Å². The van der Waals surface area contributed by atoms with E-state index in [4.69, 9.17) is 0 Å². The van der Waals surface area contributed by atoms with Crippen LogP contribution in [0.25, 0.3) is 0 Å². The molecule has 1 heterocycles. The van der Waals surface area contributed by atoms with Gasteiger partial charge < -0.3 is 10.6 Å². The van der Waals surface area contributed by atoms with Gasteiger partial charge in [0.1, 0.15) is 12.1 Å². The van der Waals surface area contributed by atoms with Gasteiger partial charge in [0.2, 0.25) is 5.91 Å². The van der Waals surface area contributed by atoms with Crippen LogP contribution in [-0.2, 0) is 21.3 Å². The molecule has 9 heteroatoms. The fourth-order valence-corrected chi connectivity index (χ4v) is 3.55. The molecule has 30 heavy (non-hydrogen) atoms. The Kier molecular flexibility index (Phi) is 5.82. The number of carbonyl (C=O) groups excluding carboxylic acids is 3. The number of nitrogens with zero attached hydrogens (tertiary/aromatic N) is 1. The SMILES string of the molecule is CCC[C@@]1(c2ccccc2)NC(=O)N(CC(=O)Nc2ccccc2C(F)(F)F)C1=O. The van der Waals surface area contributed by atoms with Gasteiger partial charge in [0.25, 0.3) is 5.91 Å². The monoisotopic (exact) mass is 419 g/mol. The molecule has 1 fully saturated rings. The number of imide groups is 1. The van der Waals surface area contributed by atoms with E-state index in [0.29, 0.717) is 18.4 Å². The summed E-state index contributed by atoms with van der Waals surface area (Å²) in [6.45, 7) is 1.16. The number of alkyl halides is 3.